The number of ether oxygens (including phenoxy) is 1. The van der Waals surface area contributed by atoms with Crippen LogP contribution in [0.15, 0.2) is 43.5 Å². The molecule has 0 atom stereocenters. The van der Waals surface area contributed by atoms with Crippen LogP contribution in [-0.4, -0.2) is 50.9 Å². The van der Waals surface area contributed by atoms with Gasteiger partial charge in [0.15, 0.2) is 0 Å². The van der Waals surface area contributed by atoms with Crippen LogP contribution in [0.1, 0.15) is 5.56 Å². The average Bonchev–Trinajstić information content (AvgIpc) is 3.00. The highest BCUT2D eigenvalue weighted by Crippen LogP contribution is 2.33. The van der Waals surface area contributed by atoms with E-state index in [4.69, 9.17) is 4.74 Å². The van der Waals surface area contributed by atoms with Gasteiger partial charge in [-0.2, -0.15) is 5.10 Å². The monoisotopic (exact) mass is 356 g/mol. The van der Waals surface area contributed by atoms with Gasteiger partial charge in [-0.15, -0.1) is 0 Å². The summed E-state index contributed by atoms with van der Waals surface area (Å²) in [6, 6.07) is 4.06. The van der Waals surface area contributed by atoms with Crippen molar-refractivity contribution >= 4 is 27.0 Å². The van der Waals surface area contributed by atoms with Gasteiger partial charge in [0, 0.05) is 35.3 Å². The molecule has 0 saturated heterocycles. The Balaban J connectivity index is 1.80. The lowest BCUT2D eigenvalue weighted by Gasteiger charge is -2.24. The minimum Gasteiger partial charge on any atom is -0.358 e. The van der Waals surface area contributed by atoms with Gasteiger partial charge < -0.3 is 4.74 Å². The second-order valence-corrected chi connectivity index (χ2v) is 11.4. The van der Waals surface area contributed by atoms with Gasteiger partial charge in [0.2, 0.25) is 0 Å². The fourth-order valence-corrected chi connectivity index (χ4v) is 3.02. The molecule has 0 fully saturated rings. The summed E-state index contributed by atoms with van der Waals surface area (Å²) in [6.07, 6.45) is 15.9. The van der Waals surface area contributed by atoms with Crippen LogP contribution in [0.2, 0.25) is 0 Å². The maximum absolute atomic E-state index is 5.82. The highest BCUT2D eigenvalue weighted by molar-refractivity contribution is 8.32. The van der Waals surface area contributed by atoms with Crippen LogP contribution in [-0.2, 0) is 11.5 Å². The predicted molar refractivity (Wildman–Crippen MR) is 107 cm³/mol. The van der Waals surface area contributed by atoms with Crippen molar-refractivity contribution in [3.8, 4) is 11.3 Å². The van der Waals surface area contributed by atoms with Gasteiger partial charge in [0.25, 0.3) is 0 Å². The van der Waals surface area contributed by atoms with E-state index in [-0.39, 0.29) is 0 Å². The Morgan fingerprint density at radius 2 is 2.00 bits per heavy atom. The zero-order valence-corrected chi connectivity index (χ0v) is 15.8. The zero-order valence-electron chi connectivity index (χ0n) is 15.0. The minimum absolute atomic E-state index is 0.452. The fourth-order valence-electron chi connectivity index (χ4n) is 2.40. The van der Waals surface area contributed by atoms with E-state index in [9.17, 15) is 0 Å². The first-order valence-corrected chi connectivity index (χ1v) is 11.1. The molecule has 0 aliphatic heterocycles. The molecule has 0 bridgehead atoms. The third-order valence-corrected chi connectivity index (χ3v) is 5.26. The van der Waals surface area contributed by atoms with Crippen LogP contribution >= 0.6 is 10.0 Å². The summed E-state index contributed by atoms with van der Waals surface area (Å²) in [5, 5.41) is 5.43. The Morgan fingerprint density at radius 3 is 2.76 bits per heavy atom. The van der Waals surface area contributed by atoms with Gasteiger partial charge in [-0.3, -0.25) is 9.97 Å². The van der Waals surface area contributed by atoms with E-state index < -0.39 is 10.0 Å². The number of aromatic nitrogens is 4. The maximum Gasteiger partial charge on any atom is 0.140 e. The molecule has 5 nitrogen and oxygen atoms in total. The van der Waals surface area contributed by atoms with Crippen molar-refractivity contribution in [1.82, 2.24) is 19.7 Å². The number of hydrogen-bond acceptors (Lipinski definition) is 4. The molecule has 132 valence electrons. The molecule has 0 amide bonds. The molecule has 3 aromatic heterocycles. The second-order valence-electron chi connectivity index (χ2n) is 6.82. The molecule has 0 aliphatic rings. The molecule has 3 rings (SSSR count). The molecule has 0 N–H and O–H groups in total. The second kappa shape index (κ2) is 7.37. The quantitative estimate of drug-likeness (QED) is 0.604. The number of pyridine rings is 2. The zero-order chi connectivity index (χ0) is 17.9. The first-order valence-electron chi connectivity index (χ1n) is 8.09. The summed E-state index contributed by atoms with van der Waals surface area (Å²) < 4.78 is 7.70. The molecule has 0 aromatic carbocycles. The van der Waals surface area contributed by atoms with Gasteiger partial charge in [-0.05, 0) is 36.5 Å². The van der Waals surface area contributed by atoms with E-state index in [1.54, 1.807) is 12.3 Å². The molecular weight excluding hydrogens is 332 g/mol. The standard InChI is InChI=1S/C19H24N4OS/c1-5-15-8-16(11-20-10-15)18-9-19-17(12-21-18)13-22-23(19)14-24-6-7-25(2,3)4/h5,8-13H,1,6-7,14H2,2-4H3. The largest absolute Gasteiger partial charge is 0.358 e. The van der Waals surface area contributed by atoms with Crippen molar-refractivity contribution in [3.05, 3.63) is 49.1 Å². The van der Waals surface area contributed by atoms with Crippen LogP contribution in [0, 0.1) is 0 Å². The molecule has 3 aromatic rings. The van der Waals surface area contributed by atoms with Crippen molar-refractivity contribution in [2.24, 2.45) is 0 Å². The number of rotatable bonds is 7. The van der Waals surface area contributed by atoms with Crippen molar-refractivity contribution in [3.63, 3.8) is 0 Å². The molecule has 0 saturated carbocycles. The van der Waals surface area contributed by atoms with Crippen molar-refractivity contribution in [1.29, 1.82) is 0 Å². The molecular formula is C19H24N4OS. The van der Waals surface area contributed by atoms with Crippen LogP contribution in [0.5, 0.6) is 0 Å². The van der Waals surface area contributed by atoms with E-state index in [2.05, 4.69) is 40.4 Å². The van der Waals surface area contributed by atoms with E-state index >= 15 is 0 Å². The molecule has 6 heteroatoms. The normalized spacial score (nSPS) is 12.4. The summed E-state index contributed by atoms with van der Waals surface area (Å²) in [7, 11) is -0.537. The lowest BCUT2D eigenvalue weighted by molar-refractivity contribution is 0.0841. The average molecular weight is 356 g/mol. The van der Waals surface area contributed by atoms with Gasteiger partial charge >= 0.3 is 0 Å². The Kier molecular flexibility index (Phi) is 5.20. The van der Waals surface area contributed by atoms with Crippen molar-refractivity contribution in [2.45, 2.75) is 6.73 Å². The lowest BCUT2D eigenvalue weighted by Crippen LogP contribution is -2.10. The van der Waals surface area contributed by atoms with Crippen LogP contribution in [0.4, 0.5) is 0 Å². The topological polar surface area (TPSA) is 52.8 Å². The molecule has 3 heterocycles. The van der Waals surface area contributed by atoms with Crippen LogP contribution in [0.3, 0.4) is 0 Å². The van der Waals surface area contributed by atoms with Gasteiger partial charge in [0.1, 0.15) is 6.73 Å². The summed E-state index contributed by atoms with van der Waals surface area (Å²) in [6.45, 7) is 5.00. The molecule has 0 spiro atoms. The number of fused-ring (bicyclic) bond motifs is 1. The highest BCUT2D eigenvalue weighted by Gasteiger charge is 2.08. The summed E-state index contributed by atoms with van der Waals surface area (Å²) in [5.41, 5.74) is 3.81. The third kappa shape index (κ3) is 4.46. The Bertz CT molecular complexity index is 883. The van der Waals surface area contributed by atoms with Gasteiger partial charge in [-0.25, -0.2) is 14.7 Å². The van der Waals surface area contributed by atoms with Crippen LogP contribution in [0.25, 0.3) is 28.2 Å². The van der Waals surface area contributed by atoms with E-state index in [0.29, 0.717) is 6.73 Å². The van der Waals surface area contributed by atoms with Gasteiger partial charge in [0.05, 0.1) is 24.0 Å². The first kappa shape index (κ1) is 17.6. The fraction of sp³-hybridized carbons (Fsp3) is 0.316. The first-order chi connectivity index (χ1) is 12.0. The van der Waals surface area contributed by atoms with E-state index in [1.807, 2.05) is 35.4 Å². The molecule has 0 unspecified atom stereocenters. The third-order valence-electron chi connectivity index (χ3n) is 3.87. The van der Waals surface area contributed by atoms with E-state index in [1.165, 1.54) is 0 Å². The SMILES string of the molecule is C=Cc1cncc(-c2cc3c(cn2)cnn3COCCS(C)(C)C)c1. The smallest absolute Gasteiger partial charge is 0.140 e. The number of hydrogen-bond donors (Lipinski definition) is 0. The Hall–Kier alpha value is -2.18. The Morgan fingerprint density at radius 1 is 1.16 bits per heavy atom. The predicted octanol–water partition coefficient (Wildman–Crippen LogP) is 3.80. The lowest BCUT2D eigenvalue weighted by atomic mass is 10.1. The van der Waals surface area contributed by atoms with Crippen molar-refractivity contribution in [2.75, 3.05) is 31.1 Å². The molecule has 0 radical (unpaired) electrons. The van der Waals surface area contributed by atoms with Crippen molar-refractivity contribution < 1.29 is 4.74 Å². The molecule has 0 aliphatic carbocycles. The summed E-state index contributed by atoms with van der Waals surface area (Å²) >= 11 is 0. The van der Waals surface area contributed by atoms with Gasteiger partial charge in [-0.1, -0.05) is 12.7 Å². The maximum atomic E-state index is 5.82. The number of nitrogens with zero attached hydrogens (tertiary/aromatic N) is 4. The van der Waals surface area contributed by atoms with Crippen LogP contribution < -0.4 is 0 Å². The summed E-state index contributed by atoms with van der Waals surface area (Å²) in [4.78, 5) is 8.78. The Labute approximate surface area is 150 Å². The van der Waals surface area contributed by atoms with E-state index in [0.717, 1.165) is 40.1 Å². The summed E-state index contributed by atoms with van der Waals surface area (Å²) in [5.74, 6) is 1.10. The minimum atomic E-state index is -0.537. The highest BCUT2D eigenvalue weighted by atomic mass is 32.3. The molecule has 25 heavy (non-hydrogen) atoms.